The fourth-order valence-electron chi connectivity index (χ4n) is 2.65. The van der Waals surface area contributed by atoms with Crippen molar-refractivity contribution in [3.8, 4) is 0 Å². The highest BCUT2D eigenvalue weighted by Gasteiger charge is 2.29. The minimum absolute atomic E-state index is 0.0238. The maximum Gasteiger partial charge on any atom is 0.227 e. The Labute approximate surface area is 126 Å². The Hall–Kier alpha value is -1.56. The number of sulfone groups is 1. The number of nitrogens with one attached hydrogen (secondary N) is 2. The van der Waals surface area contributed by atoms with Gasteiger partial charge in [0.1, 0.15) is 9.84 Å². The smallest absolute Gasteiger partial charge is 0.227 e. The number of para-hydroxylation sites is 1. The minimum atomic E-state index is -2.97. The van der Waals surface area contributed by atoms with Gasteiger partial charge in [0.2, 0.25) is 5.91 Å². The van der Waals surface area contributed by atoms with Gasteiger partial charge in [0.15, 0.2) is 0 Å². The van der Waals surface area contributed by atoms with Crippen LogP contribution < -0.4 is 10.6 Å². The fraction of sp³-hybridized carbons (Fsp3) is 0.533. The van der Waals surface area contributed by atoms with Crippen LogP contribution in [0.1, 0.15) is 31.2 Å². The SMILES string of the molecule is CC1CC(C(=O)NCCCS(C)(=O)=O)c2ccccc2N1. The van der Waals surface area contributed by atoms with Gasteiger partial charge < -0.3 is 10.6 Å². The second-order valence-corrected chi connectivity index (χ2v) is 7.96. The number of hydrogen-bond acceptors (Lipinski definition) is 4. The van der Waals surface area contributed by atoms with E-state index >= 15 is 0 Å². The van der Waals surface area contributed by atoms with E-state index in [0.29, 0.717) is 13.0 Å². The molecule has 116 valence electrons. The van der Waals surface area contributed by atoms with Crippen LogP contribution in [0.3, 0.4) is 0 Å². The number of fused-ring (bicyclic) bond motifs is 1. The summed E-state index contributed by atoms with van der Waals surface area (Å²) in [6, 6.07) is 8.07. The van der Waals surface area contributed by atoms with Crippen LogP contribution in [0, 0.1) is 0 Å². The average molecular weight is 310 g/mol. The maximum atomic E-state index is 12.3. The molecule has 0 saturated carbocycles. The Balaban J connectivity index is 1.96. The third-order valence-electron chi connectivity index (χ3n) is 3.63. The van der Waals surface area contributed by atoms with Gasteiger partial charge in [-0.2, -0.15) is 0 Å². The number of carbonyl (C=O) groups excluding carboxylic acids is 1. The molecule has 1 aliphatic rings. The molecular weight excluding hydrogens is 288 g/mol. The predicted molar refractivity (Wildman–Crippen MR) is 84.2 cm³/mol. The number of carbonyl (C=O) groups is 1. The lowest BCUT2D eigenvalue weighted by Gasteiger charge is -2.30. The molecule has 0 spiro atoms. The number of anilines is 1. The van der Waals surface area contributed by atoms with E-state index in [0.717, 1.165) is 17.7 Å². The third kappa shape index (κ3) is 4.46. The molecule has 0 aromatic heterocycles. The van der Waals surface area contributed by atoms with Gasteiger partial charge in [-0.15, -0.1) is 0 Å². The largest absolute Gasteiger partial charge is 0.382 e. The van der Waals surface area contributed by atoms with Crippen molar-refractivity contribution < 1.29 is 13.2 Å². The Bertz CT molecular complexity index is 613. The molecule has 1 heterocycles. The Kier molecular flexibility index (Phi) is 4.88. The van der Waals surface area contributed by atoms with Crippen LogP contribution in [-0.2, 0) is 14.6 Å². The molecule has 1 aromatic rings. The quantitative estimate of drug-likeness (QED) is 0.809. The molecule has 5 nitrogen and oxygen atoms in total. The van der Waals surface area contributed by atoms with E-state index in [1.165, 1.54) is 6.26 Å². The van der Waals surface area contributed by atoms with Crippen LogP contribution in [0.15, 0.2) is 24.3 Å². The fourth-order valence-corrected chi connectivity index (χ4v) is 3.32. The molecule has 2 rings (SSSR count). The highest BCUT2D eigenvalue weighted by atomic mass is 32.2. The standard InChI is InChI=1S/C15H22N2O3S/c1-11-10-13(12-6-3-4-7-14(12)17-11)15(18)16-8-5-9-21(2,19)20/h3-4,6-7,11,13,17H,5,8-10H2,1-2H3,(H,16,18). The molecule has 1 aromatic carbocycles. The zero-order valence-corrected chi connectivity index (χ0v) is 13.2. The summed E-state index contributed by atoms with van der Waals surface area (Å²) in [5, 5.41) is 6.23. The Morgan fingerprint density at radius 3 is 2.81 bits per heavy atom. The lowest BCUT2D eigenvalue weighted by molar-refractivity contribution is -0.122. The van der Waals surface area contributed by atoms with E-state index in [1.54, 1.807) is 0 Å². The van der Waals surface area contributed by atoms with Gasteiger partial charge in [-0.1, -0.05) is 18.2 Å². The molecule has 0 radical (unpaired) electrons. The van der Waals surface area contributed by atoms with Crippen LogP contribution >= 0.6 is 0 Å². The molecular formula is C15H22N2O3S. The topological polar surface area (TPSA) is 75.3 Å². The van der Waals surface area contributed by atoms with Crippen molar-refractivity contribution in [3.63, 3.8) is 0 Å². The van der Waals surface area contributed by atoms with E-state index in [9.17, 15) is 13.2 Å². The van der Waals surface area contributed by atoms with Gasteiger partial charge in [-0.05, 0) is 31.4 Å². The van der Waals surface area contributed by atoms with Crippen molar-refractivity contribution in [3.05, 3.63) is 29.8 Å². The van der Waals surface area contributed by atoms with E-state index in [4.69, 9.17) is 0 Å². The van der Waals surface area contributed by atoms with Gasteiger partial charge >= 0.3 is 0 Å². The lowest BCUT2D eigenvalue weighted by atomic mass is 9.87. The minimum Gasteiger partial charge on any atom is -0.382 e. The van der Waals surface area contributed by atoms with Crippen LogP contribution in [0.25, 0.3) is 0 Å². The van der Waals surface area contributed by atoms with Crippen molar-refractivity contribution in [1.29, 1.82) is 0 Å². The summed E-state index contributed by atoms with van der Waals surface area (Å²) in [5.41, 5.74) is 2.02. The Morgan fingerprint density at radius 2 is 2.10 bits per heavy atom. The highest BCUT2D eigenvalue weighted by Crippen LogP contribution is 2.33. The second-order valence-electron chi connectivity index (χ2n) is 5.70. The molecule has 0 bridgehead atoms. The monoisotopic (exact) mass is 310 g/mol. The van der Waals surface area contributed by atoms with Crippen LogP contribution in [0.4, 0.5) is 5.69 Å². The molecule has 21 heavy (non-hydrogen) atoms. The zero-order chi connectivity index (χ0) is 15.5. The lowest BCUT2D eigenvalue weighted by Crippen LogP contribution is -2.36. The molecule has 6 heteroatoms. The Morgan fingerprint density at radius 1 is 1.38 bits per heavy atom. The molecule has 1 aliphatic heterocycles. The predicted octanol–water partition coefficient (Wildman–Crippen LogP) is 1.53. The summed E-state index contributed by atoms with van der Waals surface area (Å²) in [6.07, 6.45) is 2.40. The van der Waals surface area contributed by atoms with Crippen molar-refractivity contribution in [2.24, 2.45) is 0 Å². The van der Waals surface area contributed by atoms with Gasteiger partial charge in [0.05, 0.1) is 11.7 Å². The van der Waals surface area contributed by atoms with E-state index in [1.807, 2.05) is 24.3 Å². The van der Waals surface area contributed by atoms with E-state index in [2.05, 4.69) is 17.6 Å². The maximum absolute atomic E-state index is 12.3. The molecule has 2 N–H and O–H groups in total. The van der Waals surface area contributed by atoms with Gasteiger partial charge in [0, 0.05) is 24.5 Å². The normalized spacial score (nSPS) is 21.2. The average Bonchev–Trinajstić information content (AvgIpc) is 2.41. The zero-order valence-electron chi connectivity index (χ0n) is 12.4. The molecule has 2 unspecified atom stereocenters. The second kappa shape index (κ2) is 6.47. The van der Waals surface area contributed by atoms with Crippen LogP contribution in [0.5, 0.6) is 0 Å². The van der Waals surface area contributed by atoms with Gasteiger partial charge in [-0.25, -0.2) is 8.42 Å². The highest BCUT2D eigenvalue weighted by molar-refractivity contribution is 7.90. The molecule has 0 aliphatic carbocycles. The summed E-state index contributed by atoms with van der Waals surface area (Å²) < 4.78 is 22.1. The summed E-state index contributed by atoms with van der Waals surface area (Å²) in [4.78, 5) is 12.3. The molecule has 0 fully saturated rings. The van der Waals surface area contributed by atoms with E-state index in [-0.39, 0.29) is 23.6 Å². The molecule has 0 saturated heterocycles. The van der Waals surface area contributed by atoms with Crippen molar-refractivity contribution >= 4 is 21.4 Å². The number of benzene rings is 1. The summed E-state index contributed by atoms with van der Waals surface area (Å²) in [5.74, 6) is -0.0908. The summed E-state index contributed by atoms with van der Waals surface area (Å²) in [7, 11) is -2.97. The van der Waals surface area contributed by atoms with Crippen molar-refractivity contribution in [1.82, 2.24) is 5.32 Å². The van der Waals surface area contributed by atoms with Crippen LogP contribution in [0.2, 0.25) is 0 Å². The first kappa shape index (κ1) is 15.8. The van der Waals surface area contributed by atoms with Gasteiger partial charge in [0.25, 0.3) is 0 Å². The van der Waals surface area contributed by atoms with Crippen molar-refractivity contribution in [2.75, 3.05) is 23.9 Å². The first-order chi connectivity index (χ1) is 9.87. The molecule has 2 atom stereocenters. The number of rotatable bonds is 5. The third-order valence-corrected chi connectivity index (χ3v) is 4.67. The summed E-state index contributed by atoms with van der Waals surface area (Å²) >= 11 is 0. The van der Waals surface area contributed by atoms with E-state index < -0.39 is 9.84 Å². The number of hydrogen-bond donors (Lipinski definition) is 2. The first-order valence-corrected chi connectivity index (χ1v) is 9.24. The van der Waals surface area contributed by atoms with Gasteiger partial charge in [-0.3, -0.25) is 4.79 Å². The van der Waals surface area contributed by atoms with Crippen LogP contribution in [-0.4, -0.2) is 38.9 Å². The number of amides is 1. The molecule has 1 amide bonds. The summed E-state index contributed by atoms with van der Waals surface area (Å²) in [6.45, 7) is 2.45. The first-order valence-electron chi connectivity index (χ1n) is 7.18. The van der Waals surface area contributed by atoms with Crippen molar-refractivity contribution in [2.45, 2.75) is 31.7 Å².